The van der Waals surface area contributed by atoms with Crippen molar-refractivity contribution < 1.29 is 9.72 Å². The number of non-ortho nitro benzene ring substituents is 1. The van der Waals surface area contributed by atoms with Gasteiger partial charge in [-0.3, -0.25) is 14.9 Å². The zero-order valence-electron chi connectivity index (χ0n) is 9.09. The first kappa shape index (κ1) is 11.9. The molecule has 0 atom stereocenters. The maximum absolute atomic E-state index is 11.6. The Kier molecular flexibility index (Phi) is 3.58. The van der Waals surface area contributed by atoms with Crippen molar-refractivity contribution in [2.24, 2.45) is 0 Å². The second-order valence-electron chi connectivity index (χ2n) is 3.74. The zero-order chi connectivity index (χ0) is 12.3. The van der Waals surface area contributed by atoms with Gasteiger partial charge < -0.3 is 0 Å². The van der Waals surface area contributed by atoms with Crippen molar-refractivity contribution in [3.05, 3.63) is 45.5 Å². The summed E-state index contributed by atoms with van der Waals surface area (Å²) >= 11 is 1.74. The number of Topliss-reactive ketones (excluding diaryl/α,β-unsaturated/α-hetero) is 1. The predicted molar refractivity (Wildman–Crippen MR) is 68.0 cm³/mol. The quantitative estimate of drug-likeness (QED) is 0.459. The van der Waals surface area contributed by atoms with Crippen LogP contribution in [0.3, 0.4) is 0 Å². The summed E-state index contributed by atoms with van der Waals surface area (Å²) in [7, 11) is 0. The first-order chi connectivity index (χ1) is 8.16. The molecule has 0 aliphatic carbocycles. The number of thioether (sulfide) groups is 1. The van der Waals surface area contributed by atoms with E-state index < -0.39 is 4.92 Å². The Morgan fingerprint density at radius 3 is 2.59 bits per heavy atom. The summed E-state index contributed by atoms with van der Waals surface area (Å²) in [6.45, 7) is 0. The van der Waals surface area contributed by atoms with Gasteiger partial charge in [0.1, 0.15) is 0 Å². The van der Waals surface area contributed by atoms with Crippen molar-refractivity contribution in [1.82, 2.24) is 0 Å². The Balaban J connectivity index is 2.20. The highest BCUT2D eigenvalue weighted by molar-refractivity contribution is 7.99. The summed E-state index contributed by atoms with van der Waals surface area (Å²) in [6, 6.07) is 6.23. The summed E-state index contributed by atoms with van der Waals surface area (Å²) in [5, 5.41) is 10.5. The molecule has 0 aromatic heterocycles. The monoisotopic (exact) mass is 249 g/mol. The van der Waals surface area contributed by atoms with Crippen molar-refractivity contribution in [2.75, 3.05) is 11.5 Å². The normalized spacial score (nSPS) is 18.4. The Labute approximate surface area is 103 Å². The maximum atomic E-state index is 11.6. The molecule has 17 heavy (non-hydrogen) atoms. The number of nitro benzene ring substituents is 1. The highest BCUT2D eigenvalue weighted by Crippen LogP contribution is 2.22. The fraction of sp³-hybridized carbons (Fsp3) is 0.250. The number of hydrogen-bond donors (Lipinski definition) is 0. The molecular weight excluding hydrogens is 238 g/mol. The van der Waals surface area contributed by atoms with Gasteiger partial charge in [-0.05, 0) is 23.8 Å². The molecule has 0 N–H and O–H groups in total. The summed E-state index contributed by atoms with van der Waals surface area (Å²) < 4.78 is 0. The molecule has 5 heteroatoms. The molecule has 1 aliphatic rings. The van der Waals surface area contributed by atoms with Crippen molar-refractivity contribution in [1.29, 1.82) is 0 Å². The third kappa shape index (κ3) is 2.94. The molecule has 1 aromatic carbocycles. The van der Waals surface area contributed by atoms with E-state index in [-0.39, 0.29) is 11.5 Å². The molecule has 0 amide bonds. The molecule has 0 saturated carbocycles. The van der Waals surface area contributed by atoms with Crippen LogP contribution in [0, 0.1) is 10.1 Å². The molecule has 1 fully saturated rings. The van der Waals surface area contributed by atoms with E-state index in [0.717, 1.165) is 22.6 Å². The number of rotatable bonds is 2. The van der Waals surface area contributed by atoms with Gasteiger partial charge in [0.25, 0.3) is 5.69 Å². The highest BCUT2D eigenvalue weighted by Gasteiger charge is 2.15. The lowest BCUT2D eigenvalue weighted by atomic mass is 10.1. The minimum Gasteiger partial charge on any atom is -0.294 e. The van der Waals surface area contributed by atoms with E-state index in [1.165, 1.54) is 12.1 Å². The fourth-order valence-corrected chi connectivity index (χ4v) is 2.54. The van der Waals surface area contributed by atoms with E-state index in [1.807, 2.05) is 6.08 Å². The van der Waals surface area contributed by atoms with Crippen LogP contribution in [0.1, 0.15) is 12.0 Å². The van der Waals surface area contributed by atoms with Crippen LogP contribution < -0.4 is 0 Å². The van der Waals surface area contributed by atoms with Crippen molar-refractivity contribution in [3.63, 3.8) is 0 Å². The molecule has 0 spiro atoms. The number of ketones is 1. The first-order valence-electron chi connectivity index (χ1n) is 5.23. The van der Waals surface area contributed by atoms with Crippen LogP contribution in [0.15, 0.2) is 29.8 Å². The summed E-state index contributed by atoms with van der Waals surface area (Å²) in [6.07, 6.45) is 2.40. The molecule has 2 rings (SSSR count). The highest BCUT2D eigenvalue weighted by atomic mass is 32.2. The van der Waals surface area contributed by atoms with Gasteiger partial charge in [-0.15, -0.1) is 0 Å². The standard InChI is InChI=1S/C12H11NO3S/c14-12-5-6-17-8-10(12)7-9-1-3-11(4-2-9)13(15)16/h1-4,7H,5-6,8H2/b10-7+. The largest absolute Gasteiger partial charge is 0.294 e. The van der Waals surface area contributed by atoms with Gasteiger partial charge >= 0.3 is 0 Å². The van der Waals surface area contributed by atoms with Crippen LogP contribution in [0.5, 0.6) is 0 Å². The number of carbonyl (C=O) groups excluding carboxylic acids is 1. The van der Waals surface area contributed by atoms with Gasteiger partial charge in [-0.2, -0.15) is 11.8 Å². The summed E-state index contributed by atoms with van der Waals surface area (Å²) in [5.74, 6) is 1.80. The molecule has 1 aliphatic heterocycles. The molecule has 1 aromatic rings. The number of hydrogen-bond acceptors (Lipinski definition) is 4. The fourth-order valence-electron chi connectivity index (χ4n) is 1.60. The minimum absolute atomic E-state index is 0.0662. The number of nitrogens with zero attached hydrogens (tertiary/aromatic N) is 1. The third-order valence-electron chi connectivity index (χ3n) is 2.53. The van der Waals surface area contributed by atoms with Crippen LogP contribution >= 0.6 is 11.8 Å². The average Bonchev–Trinajstić information content (AvgIpc) is 2.33. The van der Waals surface area contributed by atoms with Gasteiger partial charge in [0.15, 0.2) is 5.78 Å². The molecule has 4 nitrogen and oxygen atoms in total. The lowest BCUT2D eigenvalue weighted by molar-refractivity contribution is -0.384. The minimum atomic E-state index is -0.432. The molecule has 88 valence electrons. The van der Waals surface area contributed by atoms with E-state index in [2.05, 4.69) is 0 Å². The van der Waals surface area contributed by atoms with E-state index in [9.17, 15) is 14.9 Å². The number of benzene rings is 1. The van der Waals surface area contributed by atoms with Crippen LogP contribution in [0.25, 0.3) is 6.08 Å². The van der Waals surface area contributed by atoms with Gasteiger partial charge in [-0.25, -0.2) is 0 Å². The zero-order valence-corrected chi connectivity index (χ0v) is 9.90. The number of carbonyl (C=O) groups is 1. The molecule has 0 bridgehead atoms. The SMILES string of the molecule is O=C1CCSC/C1=C\c1ccc([N+](=O)[O-])cc1. The lowest BCUT2D eigenvalue weighted by Crippen LogP contribution is -2.11. The predicted octanol–water partition coefficient (Wildman–Crippen LogP) is 2.68. The Hall–Kier alpha value is -1.62. The van der Waals surface area contributed by atoms with E-state index in [4.69, 9.17) is 0 Å². The van der Waals surface area contributed by atoms with Gasteiger partial charge in [-0.1, -0.05) is 0 Å². The Morgan fingerprint density at radius 2 is 2.00 bits per heavy atom. The molecule has 0 radical (unpaired) electrons. The van der Waals surface area contributed by atoms with Crippen molar-refractivity contribution in [2.45, 2.75) is 6.42 Å². The molecule has 0 unspecified atom stereocenters. The summed E-state index contributed by atoms with van der Waals surface area (Å²) in [4.78, 5) is 21.6. The van der Waals surface area contributed by atoms with Crippen LogP contribution in [-0.4, -0.2) is 22.2 Å². The maximum Gasteiger partial charge on any atom is 0.269 e. The second-order valence-corrected chi connectivity index (χ2v) is 4.85. The molecule has 1 saturated heterocycles. The Morgan fingerprint density at radius 1 is 1.29 bits per heavy atom. The third-order valence-corrected chi connectivity index (χ3v) is 3.54. The van der Waals surface area contributed by atoms with E-state index in [1.54, 1.807) is 23.9 Å². The van der Waals surface area contributed by atoms with Gasteiger partial charge in [0, 0.05) is 35.6 Å². The average molecular weight is 249 g/mol. The van der Waals surface area contributed by atoms with Gasteiger partial charge in [0.05, 0.1) is 4.92 Å². The van der Waals surface area contributed by atoms with Crippen LogP contribution in [0.4, 0.5) is 5.69 Å². The van der Waals surface area contributed by atoms with Crippen molar-refractivity contribution >= 4 is 29.3 Å². The molecular formula is C12H11NO3S. The second kappa shape index (κ2) is 5.14. The smallest absolute Gasteiger partial charge is 0.269 e. The van der Waals surface area contributed by atoms with Crippen LogP contribution in [0.2, 0.25) is 0 Å². The Bertz CT molecular complexity index is 479. The van der Waals surface area contributed by atoms with Crippen molar-refractivity contribution in [3.8, 4) is 0 Å². The van der Waals surface area contributed by atoms with Gasteiger partial charge in [0.2, 0.25) is 0 Å². The molecule has 1 heterocycles. The van der Waals surface area contributed by atoms with E-state index >= 15 is 0 Å². The van der Waals surface area contributed by atoms with E-state index in [0.29, 0.717) is 6.42 Å². The first-order valence-corrected chi connectivity index (χ1v) is 6.38. The topological polar surface area (TPSA) is 60.2 Å². The number of nitro groups is 1. The lowest BCUT2D eigenvalue weighted by Gasteiger charge is -2.11. The summed E-state index contributed by atoms with van der Waals surface area (Å²) in [5.41, 5.74) is 1.70. The van der Waals surface area contributed by atoms with Crippen LogP contribution in [-0.2, 0) is 4.79 Å².